The van der Waals surface area contributed by atoms with Gasteiger partial charge in [0, 0.05) is 9.77 Å². The molecule has 0 spiro atoms. The van der Waals surface area contributed by atoms with Gasteiger partial charge in [-0.1, -0.05) is 6.07 Å². The number of fused-ring (bicyclic) bond motifs is 1. The van der Waals surface area contributed by atoms with Gasteiger partial charge in [-0.15, -0.1) is 0 Å². The van der Waals surface area contributed by atoms with Crippen molar-refractivity contribution in [3.63, 3.8) is 0 Å². The second-order valence-electron chi connectivity index (χ2n) is 4.19. The van der Waals surface area contributed by atoms with Gasteiger partial charge in [-0.3, -0.25) is 0 Å². The fourth-order valence-electron chi connectivity index (χ4n) is 1.99. The van der Waals surface area contributed by atoms with Gasteiger partial charge in [0.1, 0.15) is 5.82 Å². The zero-order chi connectivity index (χ0) is 13.4. The third-order valence-electron chi connectivity index (χ3n) is 2.86. The van der Waals surface area contributed by atoms with E-state index in [-0.39, 0.29) is 0 Å². The fraction of sp³-hybridized carbons (Fsp3) is 0.154. The molecule has 3 rings (SSSR count). The predicted molar refractivity (Wildman–Crippen MR) is 78.3 cm³/mol. The summed E-state index contributed by atoms with van der Waals surface area (Å²) in [6.45, 7) is 2.40. The molecule has 6 heteroatoms. The number of imidazole rings is 1. The van der Waals surface area contributed by atoms with E-state index in [1.165, 1.54) is 6.07 Å². The molecule has 19 heavy (non-hydrogen) atoms. The van der Waals surface area contributed by atoms with E-state index in [1.54, 1.807) is 18.3 Å². The predicted octanol–water partition coefficient (Wildman–Crippen LogP) is 2.93. The van der Waals surface area contributed by atoms with Crippen molar-refractivity contribution in [1.29, 1.82) is 0 Å². The molecule has 3 aromatic rings. The summed E-state index contributed by atoms with van der Waals surface area (Å²) in [5.74, 6) is 0.378. The van der Waals surface area contributed by atoms with Crippen LogP contribution in [0.2, 0.25) is 0 Å². The van der Waals surface area contributed by atoms with Gasteiger partial charge in [-0.05, 0) is 47.7 Å². The summed E-state index contributed by atoms with van der Waals surface area (Å²) in [5.41, 5.74) is 2.31. The van der Waals surface area contributed by atoms with E-state index in [0.29, 0.717) is 17.9 Å². The summed E-state index contributed by atoms with van der Waals surface area (Å²) in [5, 5.41) is 0. The Morgan fingerprint density at radius 3 is 2.95 bits per heavy atom. The van der Waals surface area contributed by atoms with Crippen molar-refractivity contribution in [2.45, 2.75) is 13.5 Å². The molecule has 0 radical (unpaired) electrons. The molecule has 3 heterocycles. The molecule has 3 aromatic heterocycles. The number of nitrogens with zero attached hydrogens (tertiary/aromatic N) is 4. The lowest BCUT2D eigenvalue weighted by Gasteiger charge is -2.06. The van der Waals surface area contributed by atoms with E-state index >= 15 is 0 Å². The van der Waals surface area contributed by atoms with Gasteiger partial charge in [-0.2, -0.15) is 4.39 Å². The minimum Gasteiger partial charge on any atom is -0.321 e. The van der Waals surface area contributed by atoms with Gasteiger partial charge in [0.05, 0.1) is 17.8 Å². The number of rotatable bonds is 2. The molecule has 0 aliphatic rings. The highest BCUT2D eigenvalue weighted by Gasteiger charge is 2.10. The lowest BCUT2D eigenvalue weighted by molar-refractivity contribution is 0.572. The quantitative estimate of drug-likeness (QED) is 0.516. The van der Waals surface area contributed by atoms with E-state index in [0.717, 1.165) is 14.9 Å². The lowest BCUT2D eigenvalue weighted by Crippen LogP contribution is -2.04. The standard InChI is InChI=1S/C13H10FIN4/c1-8-17-13-11(5-9(15)6-16-13)19(8)7-10-3-2-4-12(14)18-10/h2-6H,7H2,1H3. The number of aryl methyl sites for hydroxylation is 1. The van der Waals surface area contributed by atoms with Crippen molar-refractivity contribution >= 4 is 33.8 Å². The molecule has 0 amide bonds. The maximum Gasteiger partial charge on any atom is 0.213 e. The number of hydrogen-bond acceptors (Lipinski definition) is 3. The van der Waals surface area contributed by atoms with E-state index < -0.39 is 5.95 Å². The summed E-state index contributed by atoms with van der Waals surface area (Å²) in [7, 11) is 0. The van der Waals surface area contributed by atoms with Crippen LogP contribution in [0, 0.1) is 16.4 Å². The van der Waals surface area contributed by atoms with Crippen LogP contribution in [-0.4, -0.2) is 19.5 Å². The molecular formula is C13H10FIN4. The van der Waals surface area contributed by atoms with Crippen LogP contribution in [0.25, 0.3) is 11.2 Å². The van der Waals surface area contributed by atoms with Crippen LogP contribution in [0.1, 0.15) is 11.5 Å². The van der Waals surface area contributed by atoms with Gasteiger partial charge in [0.2, 0.25) is 5.95 Å². The Bertz CT molecular complexity index is 753. The molecule has 0 aliphatic carbocycles. The molecule has 0 fully saturated rings. The normalized spacial score (nSPS) is 11.1. The maximum atomic E-state index is 13.1. The van der Waals surface area contributed by atoms with Gasteiger partial charge in [-0.25, -0.2) is 15.0 Å². The Balaban J connectivity index is 2.09. The van der Waals surface area contributed by atoms with Gasteiger partial charge in [0.15, 0.2) is 5.65 Å². The molecule has 96 valence electrons. The molecule has 0 aliphatic heterocycles. The monoisotopic (exact) mass is 368 g/mol. The van der Waals surface area contributed by atoms with Gasteiger partial charge in [0.25, 0.3) is 0 Å². The third-order valence-corrected chi connectivity index (χ3v) is 3.45. The van der Waals surface area contributed by atoms with Crippen molar-refractivity contribution in [1.82, 2.24) is 19.5 Å². The molecule has 0 aromatic carbocycles. The maximum absolute atomic E-state index is 13.1. The summed E-state index contributed by atoms with van der Waals surface area (Å²) < 4.78 is 16.2. The second kappa shape index (κ2) is 4.84. The first-order chi connectivity index (χ1) is 9.13. The number of halogens is 2. The summed E-state index contributed by atoms with van der Waals surface area (Å²) >= 11 is 2.21. The van der Waals surface area contributed by atoms with Crippen LogP contribution in [0.5, 0.6) is 0 Å². The summed E-state index contributed by atoms with van der Waals surface area (Å²) in [6, 6.07) is 6.82. The number of hydrogen-bond donors (Lipinski definition) is 0. The summed E-state index contributed by atoms with van der Waals surface area (Å²) in [6.07, 6.45) is 1.78. The van der Waals surface area contributed by atoms with E-state index in [1.807, 2.05) is 17.6 Å². The Labute approximate surface area is 122 Å². The molecule has 0 bridgehead atoms. The van der Waals surface area contributed by atoms with Crippen LogP contribution in [0.15, 0.2) is 30.5 Å². The minimum atomic E-state index is -0.465. The van der Waals surface area contributed by atoms with E-state index in [2.05, 4.69) is 37.5 Å². The average molecular weight is 368 g/mol. The molecule has 0 N–H and O–H groups in total. The Hall–Kier alpha value is -1.57. The minimum absolute atomic E-state index is 0.465. The van der Waals surface area contributed by atoms with Crippen molar-refractivity contribution in [3.8, 4) is 0 Å². The van der Waals surface area contributed by atoms with Crippen LogP contribution < -0.4 is 0 Å². The largest absolute Gasteiger partial charge is 0.321 e. The molecule has 0 atom stereocenters. The third kappa shape index (κ3) is 2.44. The van der Waals surface area contributed by atoms with Crippen molar-refractivity contribution in [2.24, 2.45) is 0 Å². The van der Waals surface area contributed by atoms with E-state index in [9.17, 15) is 4.39 Å². The molecule has 0 unspecified atom stereocenters. The SMILES string of the molecule is Cc1nc2ncc(I)cc2n1Cc1cccc(F)n1. The van der Waals surface area contributed by atoms with Crippen LogP contribution >= 0.6 is 22.6 Å². The number of aromatic nitrogens is 4. The Kier molecular flexibility index (Phi) is 3.17. The first kappa shape index (κ1) is 12.5. The highest BCUT2D eigenvalue weighted by Crippen LogP contribution is 2.17. The molecule has 0 saturated heterocycles. The highest BCUT2D eigenvalue weighted by molar-refractivity contribution is 14.1. The molecule has 0 saturated carbocycles. The Morgan fingerprint density at radius 1 is 1.32 bits per heavy atom. The zero-order valence-corrected chi connectivity index (χ0v) is 12.3. The topological polar surface area (TPSA) is 43.6 Å². The van der Waals surface area contributed by atoms with Crippen molar-refractivity contribution < 1.29 is 4.39 Å². The van der Waals surface area contributed by atoms with Crippen molar-refractivity contribution in [2.75, 3.05) is 0 Å². The number of pyridine rings is 2. The summed E-state index contributed by atoms with van der Waals surface area (Å²) in [4.78, 5) is 12.6. The van der Waals surface area contributed by atoms with Gasteiger partial charge < -0.3 is 4.57 Å². The Morgan fingerprint density at radius 2 is 2.16 bits per heavy atom. The molecule has 4 nitrogen and oxygen atoms in total. The van der Waals surface area contributed by atoms with Crippen LogP contribution in [0.3, 0.4) is 0 Å². The average Bonchev–Trinajstić information content (AvgIpc) is 2.66. The van der Waals surface area contributed by atoms with Crippen LogP contribution in [0.4, 0.5) is 4.39 Å². The highest BCUT2D eigenvalue weighted by atomic mass is 127. The van der Waals surface area contributed by atoms with Crippen molar-refractivity contribution in [3.05, 3.63) is 51.5 Å². The zero-order valence-electron chi connectivity index (χ0n) is 10.1. The fourth-order valence-corrected chi connectivity index (χ4v) is 2.43. The second-order valence-corrected chi connectivity index (χ2v) is 5.44. The first-order valence-electron chi connectivity index (χ1n) is 5.73. The first-order valence-corrected chi connectivity index (χ1v) is 6.81. The van der Waals surface area contributed by atoms with Gasteiger partial charge >= 0.3 is 0 Å². The molecular weight excluding hydrogens is 358 g/mol. The lowest BCUT2D eigenvalue weighted by atomic mass is 10.3. The smallest absolute Gasteiger partial charge is 0.213 e. The van der Waals surface area contributed by atoms with E-state index in [4.69, 9.17) is 0 Å². The van der Waals surface area contributed by atoms with Crippen LogP contribution in [-0.2, 0) is 6.54 Å².